The van der Waals surface area contributed by atoms with Crippen molar-refractivity contribution in [2.24, 2.45) is 0 Å². The van der Waals surface area contributed by atoms with Gasteiger partial charge >= 0.3 is 0 Å². The number of aromatic nitrogens is 2. The van der Waals surface area contributed by atoms with Crippen molar-refractivity contribution >= 4 is 11.8 Å². The van der Waals surface area contributed by atoms with Crippen LogP contribution in [0.3, 0.4) is 0 Å². The van der Waals surface area contributed by atoms with Crippen LogP contribution in [0.5, 0.6) is 0 Å². The highest BCUT2D eigenvalue weighted by molar-refractivity contribution is 5.52. The minimum Gasteiger partial charge on any atom is -0.368 e. The number of fused-ring (bicyclic) bond motifs is 1. The molecule has 2 N–H and O–H groups in total. The van der Waals surface area contributed by atoms with E-state index in [9.17, 15) is 0 Å². The molecule has 0 aliphatic carbocycles. The molecule has 0 bridgehead atoms. The number of nitrogens with zero attached hydrogens (tertiary/aromatic N) is 4. The van der Waals surface area contributed by atoms with Crippen molar-refractivity contribution in [3.8, 4) is 0 Å². The van der Waals surface area contributed by atoms with Gasteiger partial charge in [0.05, 0.1) is 5.69 Å². The minimum absolute atomic E-state index is 0.364. The van der Waals surface area contributed by atoms with Gasteiger partial charge in [-0.2, -0.15) is 4.98 Å². The van der Waals surface area contributed by atoms with Gasteiger partial charge in [0, 0.05) is 32.7 Å². The average molecular weight is 193 g/mol. The topological polar surface area (TPSA) is 58.3 Å². The summed E-state index contributed by atoms with van der Waals surface area (Å²) in [5, 5.41) is 0. The first-order valence-electron chi connectivity index (χ1n) is 4.59. The van der Waals surface area contributed by atoms with Crippen LogP contribution in [0.15, 0.2) is 0 Å². The smallest absolute Gasteiger partial charge is 0.222 e. The summed E-state index contributed by atoms with van der Waals surface area (Å²) >= 11 is 0. The molecule has 0 saturated heterocycles. The summed E-state index contributed by atoms with van der Waals surface area (Å²) in [6.07, 6.45) is 0. The lowest BCUT2D eigenvalue weighted by Gasteiger charge is -2.15. The van der Waals surface area contributed by atoms with E-state index in [2.05, 4.69) is 21.9 Å². The number of nitrogen functional groups attached to an aromatic ring is 1. The predicted octanol–water partition coefficient (Wildman–Crippen LogP) is 0.0702. The zero-order valence-electron chi connectivity index (χ0n) is 8.78. The summed E-state index contributed by atoms with van der Waals surface area (Å²) in [6.45, 7) is 1.77. The summed E-state index contributed by atoms with van der Waals surface area (Å²) in [4.78, 5) is 12.7. The maximum atomic E-state index is 5.65. The van der Waals surface area contributed by atoms with E-state index in [1.807, 2.05) is 19.0 Å². The third kappa shape index (κ3) is 1.39. The summed E-state index contributed by atoms with van der Waals surface area (Å²) < 4.78 is 0. The summed E-state index contributed by atoms with van der Waals surface area (Å²) in [5.74, 6) is 1.31. The number of hydrogen-bond acceptors (Lipinski definition) is 5. The highest BCUT2D eigenvalue weighted by Crippen LogP contribution is 2.27. The van der Waals surface area contributed by atoms with Gasteiger partial charge in [-0.3, -0.25) is 4.90 Å². The van der Waals surface area contributed by atoms with Crippen LogP contribution in [0.25, 0.3) is 0 Å². The van der Waals surface area contributed by atoms with Crippen molar-refractivity contribution < 1.29 is 0 Å². The fourth-order valence-corrected chi connectivity index (χ4v) is 1.78. The minimum atomic E-state index is 0.364. The molecule has 0 fully saturated rings. The van der Waals surface area contributed by atoms with E-state index in [-0.39, 0.29) is 0 Å². The van der Waals surface area contributed by atoms with E-state index in [1.165, 1.54) is 5.56 Å². The molecule has 14 heavy (non-hydrogen) atoms. The van der Waals surface area contributed by atoms with Gasteiger partial charge in [-0.1, -0.05) is 0 Å². The molecule has 76 valence electrons. The van der Waals surface area contributed by atoms with Crippen molar-refractivity contribution in [2.45, 2.75) is 13.1 Å². The number of anilines is 2. The Morgan fingerprint density at radius 2 is 2.00 bits per heavy atom. The van der Waals surface area contributed by atoms with Crippen LogP contribution in [0.2, 0.25) is 0 Å². The first-order chi connectivity index (χ1) is 6.58. The Morgan fingerprint density at radius 3 is 2.64 bits per heavy atom. The Kier molecular flexibility index (Phi) is 2.03. The molecule has 1 aliphatic rings. The molecule has 0 spiro atoms. The van der Waals surface area contributed by atoms with Crippen LogP contribution < -0.4 is 10.6 Å². The van der Waals surface area contributed by atoms with E-state index in [0.29, 0.717) is 5.95 Å². The van der Waals surface area contributed by atoms with Crippen molar-refractivity contribution in [1.29, 1.82) is 0 Å². The second kappa shape index (κ2) is 3.09. The van der Waals surface area contributed by atoms with Gasteiger partial charge in [-0.05, 0) is 7.05 Å². The van der Waals surface area contributed by atoms with Crippen molar-refractivity contribution in [2.75, 3.05) is 31.8 Å². The number of nitrogens with two attached hydrogens (primary N) is 1. The Hall–Kier alpha value is -1.36. The van der Waals surface area contributed by atoms with E-state index in [4.69, 9.17) is 5.73 Å². The van der Waals surface area contributed by atoms with Gasteiger partial charge in [0.2, 0.25) is 5.95 Å². The lowest BCUT2D eigenvalue weighted by Crippen LogP contribution is -2.15. The van der Waals surface area contributed by atoms with Gasteiger partial charge in [-0.15, -0.1) is 0 Å². The summed E-state index contributed by atoms with van der Waals surface area (Å²) in [7, 11) is 6.01. The SMILES string of the molecule is CN1Cc2nc(N)nc(N(C)C)c2C1. The Morgan fingerprint density at radius 1 is 1.29 bits per heavy atom. The molecule has 0 saturated carbocycles. The van der Waals surface area contributed by atoms with Crippen molar-refractivity contribution in [3.05, 3.63) is 11.3 Å². The number of rotatable bonds is 1. The standard InChI is InChI=1S/C9H15N5/c1-13(2)8-6-4-14(3)5-7(6)11-9(10)12-8/h4-5H2,1-3H3,(H2,10,11,12). The monoisotopic (exact) mass is 193 g/mol. The molecule has 2 heterocycles. The fourth-order valence-electron chi connectivity index (χ4n) is 1.78. The van der Waals surface area contributed by atoms with E-state index < -0.39 is 0 Å². The third-order valence-electron chi connectivity index (χ3n) is 2.36. The first-order valence-corrected chi connectivity index (χ1v) is 4.59. The van der Waals surface area contributed by atoms with Gasteiger partial charge in [0.25, 0.3) is 0 Å². The van der Waals surface area contributed by atoms with Crippen molar-refractivity contribution in [3.63, 3.8) is 0 Å². The zero-order valence-corrected chi connectivity index (χ0v) is 8.78. The molecule has 0 aromatic carbocycles. The van der Waals surface area contributed by atoms with Crippen LogP contribution in [0, 0.1) is 0 Å². The maximum absolute atomic E-state index is 5.65. The van der Waals surface area contributed by atoms with Crippen LogP contribution in [-0.4, -0.2) is 36.0 Å². The van der Waals surface area contributed by atoms with Gasteiger partial charge in [0.15, 0.2) is 0 Å². The summed E-state index contributed by atoms with van der Waals surface area (Å²) in [6, 6.07) is 0. The molecule has 1 aliphatic heterocycles. The molecule has 5 nitrogen and oxygen atoms in total. The van der Waals surface area contributed by atoms with Crippen LogP contribution in [0.4, 0.5) is 11.8 Å². The molecule has 0 atom stereocenters. The highest BCUT2D eigenvalue weighted by Gasteiger charge is 2.22. The van der Waals surface area contributed by atoms with Crippen LogP contribution >= 0.6 is 0 Å². The molecule has 0 radical (unpaired) electrons. The molecule has 0 amide bonds. The molecule has 0 unspecified atom stereocenters. The van der Waals surface area contributed by atoms with E-state index in [1.54, 1.807) is 0 Å². The first kappa shape index (κ1) is 9.21. The fraction of sp³-hybridized carbons (Fsp3) is 0.556. The van der Waals surface area contributed by atoms with E-state index >= 15 is 0 Å². The lowest BCUT2D eigenvalue weighted by molar-refractivity contribution is 0.351. The largest absolute Gasteiger partial charge is 0.368 e. The lowest BCUT2D eigenvalue weighted by atomic mass is 10.2. The van der Waals surface area contributed by atoms with E-state index in [0.717, 1.165) is 24.6 Å². The van der Waals surface area contributed by atoms with Gasteiger partial charge < -0.3 is 10.6 Å². The molecule has 1 aromatic heterocycles. The highest BCUT2D eigenvalue weighted by atomic mass is 15.2. The molecular weight excluding hydrogens is 178 g/mol. The molecule has 1 aromatic rings. The second-order valence-electron chi connectivity index (χ2n) is 3.90. The van der Waals surface area contributed by atoms with Crippen LogP contribution in [0.1, 0.15) is 11.3 Å². The predicted molar refractivity (Wildman–Crippen MR) is 55.9 cm³/mol. The van der Waals surface area contributed by atoms with Gasteiger partial charge in [0.1, 0.15) is 5.82 Å². The zero-order chi connectivity index (χ0) is 10.3. The maximum Gasteiger partial charge on any atom is 0.222 e. The average Bonchev–Trinajstić information content (AvgIpc) is 2.42. The molecule has 2 rings (SSSR count). The molecule has 5 heteroatoms. The third-order valence-corrected chi connectivity index (χ3v) is 2.36. The van der Waals surface area contributed by atoms with Crippen LogP contribution in [-0.2, 0) is 13.1 Å². The molecular formula is C9H15N5. The quantitative estimate of drug-likeness (QED) is 0.684. The Balaban J connectivity index is 2.52. The normalized spacial score (nSPS) is 15.6. The number of hydrogen-bond donors (Lipinski definition) is 1. The Bertz CT molecular complexity index is 360. The van der Waals surface area contributed by atoms with Gasteiger partial charge in [-0.25, -0.2) is 4.98 Å². The Labute approximate surface area is 83.5 Å². The summed E-state index contributed by atoms with van der Waals surface area (Å²) in [5.41, 5.74) is 7.91. The second-order valence-corrected chi connectivity index (χ2v) is 3.90. The van der Waals surface area contributed by atoms with Crippen molar-refractivity contribution in [1.82, 2.24) is 14.9 Å².